The Hall–Kier alpha value is -7.34. The molecule has 4 aliphatic rings. The molecule has 7 heterocycles. The van der Waals surface area contributed by atoms with Crippen molar-refractivity contribution in [1.29, 1.82) is 0 Å². The van der Waals surface area contributed by atoms with E-state index in [1.165, 1.54) is 154 Å². The highest BCUT2D eigenvalue weighted by molar-refractivity contribution is 7.24. The van der Waals surface area contributed by atoms with Crippen molar-refractivity contribution < 1.29 is 0 Å². The molecule has 0 unspecified atom stereocenters. The fourth-order valence-corrected chi connectivity index (χ4v) is 22.0. The third-order valence-electron chi connectivity index (χ3n) is 21.1. The third kappa shape index (κ3) is 6.86. The van der Waals surface area contributed by atoms with Crippen LogP contribution in [0.2, 0.25) is 0 Å². The topological polar surface area (TPSA) is 14.8 Å². The molecule has 3 nitrogen and oxygen atoms in total. The van der Waals surface area contributed by atoms with Gasteiger partial charge >= 0.3 is 0 Å². The Bertz CT molecular complexity index is 4950. The van der Waals surface area contributed by atoms with E-state index >= 15 is 0 Å². The summed E-state index contributed by atoms with van der Waals surface area (Å²) in [5, 5.41) is 14.4. The average Bonchev–Trinajstić information content (AvgIpc) is 1.54. The Labute approximate surface area is 505 Å². The zero-order valence-electron chi connectivity index (χ0n) is 53.9. The van der Waals surface area contributed by atoms with Gasteiger partial charge in [-0.3, -0.25) is 0 Å². The molecule has 0 radical (unpaired) electrons. The van der Waals surface area contributed by atoms with Crippen molar-refractivity contribution in [3.05, 3.63) is 178 Å². The predicted molar refractivity (Wildman–Crippen MR) is 372 cm³/mol. The Kier molecular flexibility index (Phi) is 10.4. The Morgan fingerprint density at radius 1 is 0.353 bits per heavy atom. The van der Waals surface area contributed by atoms with E-state index in [9.17, 15) is 0 Å². The van der Waals surface area contributed by atoms with Gasteiger partial charge in [-0.05, 0) is 187 Å². The monoisotopic (exact) mass is 1120 g/mol. The summed E-state index contributed by atoms with van der Waals surface area (Å²) in [6.07, 6.45) is 0. The molecule has 9 aromatic carbocycles. The highest BCUT2D eigenvalue weighted by Crippen LogP contribution is 2.48. The molecular formula is C80H82BN3Si. The minimum absolute atomic E-state index is 0.0314. The van der Waals surface area contributed by atoms with Gasteiger partial charge < -0.3 is 13.7 Å². The fourth-order valence-electron chi connectivity index (χ4n) is 16.3. The van der Waals surface area contributed by atoms with Crippen LogP contribution in [-0.4, -0.2) is 28.5 Å². The van der Waals surface area contributed by atoms with Crippen LogP contribution in [0.3, 0.4) is 0 Å². The number of fused-ring (bicyclic) bond motifs is 18. The summed E-state index contributed by atoms with van der Waals surface area (Å²) in [7, 11) is -3.24. The lowest BCUT2D eigenvalue weighted by atomic mass is 9.33. The molecule has 4 aliphatic heterocycles. The first-order valence-corrected chi connectivity index (χ1v) is 33.8. The number of benzene rings is 9. The van der Waals surface area contributed by atoms with E-state index in [2.05, 4.69) is 285 Å². The Morgan fingerprint density at radius 2 is 0.847 bits per heavy atom. The molecule has 5 heteroatoms. The van der Waals surface area contributed by atoms with E-state index in [1.54, 1.807) is 15.6 Å². The first kappa shape index (κ1) is 53.2. The molecule has 0 fully saturated rings. The molecule has 0 bridgehead atoms. The van der Waals surface area contributed by atoms with Crippen LogP contribution in [-0.2, 0) is 27.1 Å². The van der Waals surface area contributed by atoms with Crippen LogP contribution >= 0.6 is 0 Å². The summed E-state index contributed by atoms with van der Waals surface area (Å²) in [5.74, 6) is 0.739. The van der Waals surface area contributed by atoms with Gasteiger partial charge in [-0.1, -0.05) is 210 Å². The smallest absolute Gasteiger partial charge is 0.253 e. The van der Waals surface area contributed by atoms with Crippen LogP contribution in [0, 0.1) is 0 Å². The standard InChI is InChI=1S/C80H82BN3Si/c1-43(2)45-20-30-61-55(34-45)58-42-64-69(59-35-46(44(3)4)21-31-62(59)82(64)52-26-22-47(23-27-52)76(5,6)7)71-74(58)83(61)63-32-33-65-75-70(63)81(71)60-38-50(79(14,15)16)36-56-57-37-51(80(17,18)19)41-68(73(57)84(75)72(56)60)85(65)66-39-48(77(8,9)10)24-28-53(66)54-29-25-49(40-67(54)85)78(11,12)13/h20-44H,1-19H3. The van der Waals surface area contributed by atoms with Crippen molar-refractivity contribution in [2.45, 2.75) is 170 Å². The van der Waals surface area contributed by atoms with E-state index in [0.717, 1.165) is 0 Å². The van der Waals surface area contributed by atoms with Gasteiger partial charge in [0, 0.05) is 54.9 Å². The number of aromatic nitrogens is 3. The number of hydrogen-bond acceptors (Lipinski definition) is 0. The molecular weight excluding hydrogens is 1040 g/mol. The molecule has 12 aromatic rings. The van der Waals surface area contributed by atoms with Crippen LogP contribution in [0.25, 0.3) is 93.6 Å². The minimum Gasteiger partial charge on any atom is -0.310 e. The lowest BCUT2D eigenvalue weighted by molar-refractivity contribution is 0.590. The maximum Gasteiger partial charge on any atom is 0.253 e. The minimum atomic E-state index is -3.24. The molecule has 0 saturated heterocycles. The molecule has 0 aliphatic carbocycles. The summed E-state index contributed by atoms with van der Waals surface area (Å²) < 4.78 is 8.27. The molecule has 3 aromatic heterocycles. The number of nitrogens with zero attached hydrogens (tertiary/aromatic N) is 3. The largest absolute Gasteiger partial charge is 0.310 e. The number of hydrogen-bond donors (Lipinski definition) is 0. The quantitative estimate of drug-likeness (QED) is 0.157. The van der Waals surface area contributed by atoms with E-state index in [1.807, 2.05) is 0 Å². The predicted octanol–water partition coefficient (Wildman–Crippen LogP) is 16.5. The number of rotatable bonds is 3. The van der Waals surface area contributed by atoms with Gasteiger partial charge in [-0.25, -0.2) is 0 Å². The van der Waals surface area contributed by atoms with Gasteiger partial charge in [0.2, 0.25) is 0 Å². The van der Waals surface area contributed by atoms with Gasteiger partial charge in [0.15, 0.2) is 8.07 Å². The fraction of sp³-hybridized carbons (Fsp3) is 0.325. The molecule has 0 saturated carbocycles. The van der Waals surface area contributed by atoms with Crippen molar-refractivity contribution in [1.82, 2.24) is 13.7 Å². The molecule has 0 atom stereocenters. The van der Waals surface area contributed by atoms with Crippen molar-refractivity contribution in [2.75, 3.05) is 0 Å². The highest BCUT2D eigenvalue weighted by atomic mass is 28.3. The summed E-state index contributed by atoms with van der Waals surface area (Å²) in [6.45, 7) is 45.4. The first-order chi connectivity index (χ1) is 40.0. The maximum absolute atomic E-state index is 3.24. The van der Waals surface area contributed by atoms with Gasteiger partial charge in [-0.15, -0.1) is 0 Å². The van der Waals surface area contributed by atoms with E-state index in [4.69, 9.17) is 0 Å². The van der Waals surface area contributed by atoms with E-state index in [-0.39, 0.29) is 33.8 Å². The van der Waals surface area contributed by atoms with Crippen molar-refractivity contribution in [3.63, 3.8) is 0 Å². The van der Waals surface area contributed by atoms with Crippen LogP contribution in [0.1, 0.15) is 182 Å². The zero-order chi connectivity index (χ0) is 59.6. The zero-order valence-corrected chi connectivity index (χ0v) is 54.9. The summed E-state index contributed by atoms with van der Waals surface area (Å²) in [4.78, 5) is 0. The third-order valence-corrected chi connectivity index (χ3v) is 26.0. The maximum atomic E-state index is 2.87. The van der Waals surface area contributed by atoms with E-state index < -0.39 is 8.07 Å². The SMILES string of the molecule is CC(C)c1ccc2c(c1)c1c3c4c(cc1n2-c1ccc(C(C)(C)C)cc1)c1cc(C(C)C)ccc1n4-c1ccc2c4c1B3c1cc(C(C)(C)C)cc3c5cc(C(C)(C)C)cc(c5n-4c13)[Si]21c2cc(C(C)(C)C)ccc2-c2ccc(C(C)(C)C)cc21. The first-order valence-electron chi connectivity index (χ1n) is 31.8. The molecule has 85 heavy (non-hydrogen) atoms. The Morgan fingerprint density at radius 3 is 1.40 bits per heavy atom. The normalized spacial score (nSPS) is 15.0. The van der Waals surface area contributed by atoms with Crippen LogP contribution in [0.4, 0.5) is 0 Å². The molecule has 0 amide bonds. The molecule has 0 N–H and O–H groups in total. The van der Waals surface area contributed by atoms with E-state index in [0.29, 0.717) is 11.8 Å². The molecule has 424 valence electrons. The van der Waals surface area contributed by atoms with Gasteiger partial charge in [0.25, 0.3) is 6.71 Å². The van der Waals surface area contributed by atoms with Gasteiger partial charge in [0.05, 0.1) is 27.6 Å². The average molecular weight is 1120 g/mol. The molecule has 1 spiro atoms. The van der Waals surface area contributed by atoms with Crippen molar-refractivity contribution in [2.24, 2.45) is 0 Å². The lowest BCUT2D eigenvalue weighted by Crippen LogP contribution is -2.77. The van der Waals surface area contributed by atoms with Gasteiger partial charge in [0.1, 0.15) is 0 Å². The molecule has 16 rings (SSSR count). The second-order valence-electron chi connectivity index (χ2n) is 32.2. The van der Waals surface area contributed by atoms with Crippen LogP contribution in [0.15, 0.2) is 140 Å². The summed E-state index contributed by atoms with van der Waals surface area (Å²) in [6, 6.07) is 58.5. The van der Waals surface area contributed by atoms with Crippen LogP contribution in [0.5, 0.6) is 0 Å². The lowest BCUT2D eigenvalue weighted by Gasteiger charge is -2.43. The second kappa shape index (κ2) is 16.6. The highest BCUT2D eigenvalue weighted by Gasteiger charge is 2.57. The van der Waals surface area contributed by atoms with Gasteiger partial charge in [-0.2, -0.15) is 0 Å². The van der Waals surface area contributed by atoms with Crippen LogP contribution < -0.4 is 37.1 Å². The van der Waals surface area contributed by atoms with Crippen molar-refractivity contribution in [3.8, 4) is 28.2 Å². The Balaban J connectivity index is 1.18. The summed E-state index contributed by atoms with van der Waals surface area (Å²) in [5.41, 5.74) is 28.5. The van der Waals surface area contributed by atoms with Crippen molar-refractivity contribution >= 4 is 117 Å². The summed E-state index contributed by atoms with van der Waals surface area (Å²) >= 11 is 0. The second-order valence-corrected chi connectivity index (χ2v) is 35.9.